The summed E-state index contributed by atoms with van der Waals surface area (Å²) in [5, 5.41) is 5.99. The van der Waals surface area contributed by atoms with Crippen LogP contribution in [-0.2, 0) is 32.1 Å². The van der Waals surface area contributed by atoms with Crippen LogP contribution in [0.4, 0.5) is 4.79 Å². The van der Waals surface area contributed by atoms with E-state index in [2.05, 4.69) is 10.6 Å². The Morgan fingerprint density at radius 1 is 0.969 bits per heavy atom. The van der Waals surface area contributed by atoms with Crippen molar-refractivity contribution in [3.63, 3.8) is 0 Å². The van der Waals surface area contributed by atoms with Gasteiger partial charge in [-0.25, -0.2) is 9.59 Å². The van der Waals surface area contributed by atoms with Crippen LogP contribution in [0.2, 0.25) is 5.02 Å². The molecule has 32 heavy (non-hydrogen) atoms. The van der Waals surface area contributed by atoms with Crippen LogP contribution in [0, 0.1) is 0 Å². The predicted octanol–water partition coefficient (Wildman–Crippen LogP) is 4.03. The van der Waals surface area contributed by atoms with Gasteiger partial charge in [-0.15, -0.1) is 0 Å². The second-order valence-corrected chi connectivity index (χ2v) is 7.71. The molecule has 172 valence electrons. The van der Waals surface area contributed by atoms with Gasteiger partial charge in [0, 0.05) is 24.4 Å². The zero-order valence-corrected chi connectivity index (χ0v) is 18.9. The van der Waals surface area contributed by atoms with Crippen LogP contribution in [0.3, 0.4) is 0 Å². The fraction of sp³-hybridized carbons (Fsp3) is 0.375. The van der Waals surface area contributed by atoms with Crippen molar-refractivity contribution >= 4 is 29.6 Å². The van der Waals surface area contributed by atoms with Gasteiger partial charge in [0.05, 0.1) is 7.11 Å². The van der Waals surface area contributed by atoms with Crippen LogP contribution in [0.1, 0.15) is 36.8 Å². The Morgan fingerprint density at radius 3 is 2.44 bits per heavy atom. The lowest BCUT2D eigenvalue weighted by Crippen LogP contribution is -2.43. The molecule has 2 aromatic rings. The van der Waals surface area contributed by atoms with E-state index in [1.807, 2.05) is 36.4 Å². The van der Waals surface area contributed by atoms with Crippen LogP contribution >= 0.6 is 11.6 Å². The summed E-state index contributed by atoms with van der Waals surface area (Å²) in [6.07, 6.45) is 2.22. The molecule has 0 spiro atoms. The van der Waals surface area contributed by atoms with Gasteiger partial charge in [0.25, 0.3) is 0 Å². The lowest BCUT2D eigenvalue weighted by Gasteiger charge is -2.17. The molecule has 0 bridgehead atoms. The van der Waals surface area contributed by atoms with Crippen molar-refractivity contribution in [1.82, 2.24) is 10.6 Å². The number of rotatable bonds is 12. The number of hydrogen-bond acceptors (Lipinski definition) is 5. The fourth-order valence-electron chi connectivity index (χ4n) is 3.05. The number of nitrogens with one attached hydrogen (secondary N) is 2. The molecule has 0 aromatic heterocycles. The van der Waals surface area contributed by atoms with E-state index in [-0.39, 0.29) is 18.9 Å². The van der Waals surface area contributed by atoms with Gasteiger partial charge in [-0.3, -0.25) is 4.79 Å². The number of halogens is 1. The van der Waals surface area contributed by atoms with E-state index < -0.39 is 18.1 Å². The number of hydrogen-bond donors (Lipinski definition) is 2. The van der Waals surface area contributed by atoms with Crippen molar-refractivity contribution in [1.29, 1.82) is 0 Å². The van der Waals surface area contributed by atoms with Crippen LogP contribution in [-0.4, -0.2) is 37.7 Å². The number of ether oxygens (including phenoxy) is 2. The quantitative estimate of drug-likeness (QED) is 0.368. The van der Waals surface area contributed by atoms with Gasteiger partial charge < -0.3 is 20.1 Å². The third-order valence-electron chi connectivity index (χ3n) is 4.71. The maximum atomic E-state index is 12.3. The number of alkyl carbamates (subject to hydrolysis) is 1. The minimum Gasteiger partial charge on any atom is -0.467 e. The highest BCUT2D eigenvalue weighted by molar-refractivity contribution is 6.30. The molecule has 0 saturated heterocycles. The van der Waals surface area contributed by atoms with Crippen molar-refractivity contribution < 1.29 is 23.9 Å². The van der Waals surface area contributed by atoms with E-state index >= 15 is 0 Å². The van der Waals surface area contributed by atoms with Gasteiger partial charge in [0.1, 0.15) is 12.6 Å². The zero-order chi connectivity index (χ0) is 23.2. The summed E-state index contributed by atoms with van der Waals surface area (Å²) in [6.45, 7) is 0.693. The van der Waals surface area contributed by atoms with Crippen LogP contribution in [0.15, 0.2) is 54.6 Å². The highest BCUT2D eigenvalue weighted by Gasteiger charge is 2.21. The summed E-state index contributed by atoms with van der Waals surface area (Å²) in [6, 6.07) is 15.8. The summed E-state index contributed by atoms with van der Waals surface area (Å²) < 4.78 is 9.94. The molecule has 0 unspecified atom stereocenters. The van der Waals surface area contributed by atoms with Crippen molar-refractivity contribution in [3.8, 4) is 0 Å². The molecule has 8 heteroatoms. The molecular formula is C24H29ClN2O5. The lowest BCUT2D eigenvalue weighted by molar-refractivity contribution is -0.145. The van der Waals surface area contributed by atoms with Crippen molar-refractivity contribution in [3.05, 3.63) is 70.7 Å². The highest BCUT2D eigenvalue weighted by atomic mass is 35.5. The van der Waals surface area contributed by atoms with Crippen molar-refractivity contribution in [2.75, 3.05) is 13.7 Å². The number of carbonyl (C=O) groups excluding carboxylic acids is 3. The second-order valence-electron chi connectivity index (χ2n) is 7.28. The highest BCUT2D eigenvalue weighted by Crippen LogP contribution is 2.13. The molecule has 2 amide bonds. The Morgan fingerprint density at radius 2 is 1.72 bits per heavy atom. The molecule has 2 N–H and O–H groups in total. The molecule has 2 rings (SSSR count). The van der Waals surface area contributed by atoms with Crippen LogP contribution in [0.5, 0.6) is 0 Å². The summed E-state index contributed by atoms with van der Waals surface area (Å²) in [7, 11) is 1.29. The number of carbonyl (C=O) groups is 3. The first-order chi connectivity index (χ1) is 15.5. The van der Waals surface area contributed by atoms with E-state index in [1.165, 1.54) is 7.11 Å². The lowest BCUT2D eigenvalue weighted by atomic mass is 10.1. The second kappa shape index (κ2) is 14.1. The smallest absolute Gasteiger partial charge is 0.407 e. The predicted molar refractivity (Wildman–Crippen MR) is 122 cm³/mol. The molecule has 7 nitrogen and oxygen atoms in total. The van der Waals surface area contributed by atoms with E-state index in [4.69, 9.17) is 21.1 Å². The Hall–Kier alpha value is -3.06. The maximum absolute atomic E-state index is 12.3. The Balaban J connectivity index is 1.61. The zero-order valence-electron chi connectivity index (χ0n) is 18.1. The van der Waals surface area contributed by atoms with E-state index in [0.717, 1.165) is 24.0 Å². The monoisotopic (exact) mass is 460 g/mol. The average Bonchev–Trinajstić information content (AvgIpc) is 2.79. The number of esters is 1. The minimum atomic E-state index is -0.771. The van der Waals surface area contributed by atoms with E-state index in [1.54, 1.807) is 18.2 Å². The normalized spacial score (nSPS) is 11.3. The largest absolute Gasteiger partial charge is 0.467 e. The first kappa shape index (κ1) is 25.2. The van der Waals surface area contributed by atoms with Gasteiger partial charge in [0.15, 0.2) is 0 Å². The van der Waals surface area contributed by atoms with Gasteiger partial charge in [-0.1, -0.05) is 60.5 Å². The molecule has 0 saturated carbocycles. The molecule has 0 aliphatic heterocycles. The third kappa shape index (κ3) is 9.83. The van der Waals surface area contributed by atoms with E-state index in [9.17, 15) is 14.4 Å². The Bertz CT molecular complexity index is 876. The van der Waals surface area contributed by atoms with Gasteiger partial charge in [-0.05, 0) is 36.1 Å². The summed E-state index contributed by atoms with van der Waals surface area (Å²) in [4.78, 5) is 36.0. The first-order valence-electron chi connectivity index (χ1n) is 10.5. The molecule has 1 atom stereocenters. The van der Waals surface area contributed by atoms with Crippen LogP contribution in [0.25, 0.3) is 0 Å². The fourth-order valence-corrected chi connectivity index (χ4v) is 3.27. The number of amides is 2. The molecule has 2 aromatic carbocycles. The molecule has 0 fully saturated rings. The van der Waals surface area contributed by atoms with Gasteiger partial charge >= 0.3 is 12.1 Å². The third-order valence-corrected chi connectivity index (χ3v) is 4.95. The number of unbranched alkanes of at least 4 members (excludes halogenated alkanes) is 2. The first-order valence-corrected chi connectivity index (χ1v) is 10.9. The summed E-state index contributed by atoms with van der Waals surface area (Å²) >= 11 is 5.99. The van der Waals surface area contributed by atoms with E-state index in [0.29, 0.717) is 24.4 Å². The standard InChI is InChI=1S/C24H29ClN2O5/c1-31-23(29)21(16-19-11-8-12-20(25)15-19)27-22(28)13-6-3-7-14-26-24(30)32-17-18-9-4-2-5-10-18/h2,4-5,8-12,15,21H,3,6-7,13-14,16-17H2,1H3,(H,26,30)(H,27,28)/t21-/m0/s1. The molecule has 0 aliphatic rings. The molecular weight excluding hydrogens is 432 g/mol. The van der Waals surface area contributed by atoms with Crippen molar-refractivity contribution in [2.45, 2.75) is 44.8 Å². The van der Waals surface area contributed by atoms with Crippen molar-refractivity contribution in [2.24, 2.45) is 0 Å². The number of benzene rings is 2. The van der Waals surface area contributed by atoms with Crippen LogP contribution < -0.4 is 10.6 Å². The maximum Gasteiger partial charge on any atom is 0.407 e. The molecule has 0 aliphatic carbocycles. The summed E-state index contributed by atoms with van der Waals surface area (Å²) in [5.41, 5.74) is 1.76. The number of methoxy groups -OCH3 is 1. The SMILES string of the molecule is COC(=O)[C@H](Cc1cccc(Cl)c1)NC(=O)CCCCCNC(=O)OCc1ccccc1. The van der Waals surface area contributed by atoms with Gasteiger partial charge in [0.2, 0.25) is 5.91 Å². The topological polar surface area (TPSA) is 93.7 Å². The summed E-state index contributed by atoms with van der Waals surface area (Å²) in [5.74, 6) is -0.728. The minimum absolute atomic E-state index is 0.224. The molecule has 0 radical (unpaired) electrons. The Kier molecular flexibility index (Phi) is 11.1. The molecule has 0 heterocycles. The van der Waals surface area contributed by atoms with Gasteiger partial charge in [-0.2, -0.15) is 0 Å². The Labute approximate surface area is 193 Å². The average molecular weight is 461 g/mol.